The molecule has 4 rings (SSSR count). The molecule has 0 radical (unpaired) electrons. The number of H-pyrrole nitrogens is 1. The average molecular weight is 342 g/mol. The number of carbonyl (C=O) groups is 2. The van der Waals surface area contributed by atoms with Gasteiger partial charge >= 0.3 is 0 Å². The fraction of sp³-hybridized carbons (Fsp3) is 0.250. The molecule has 3 aromatic rings. The molecule has 122 valence electrons. The van der Waals surface area contributed by atoms with Gasteiger partial charge in [-0.2, -0.15) is 0 Å². The molecule has 0 atom stereocenters. The van der Waals surface area contributed by atoms with Crippen LogP contribution in [0.4, 0.5) is 0 Å². The van der Waals surface area contributed by atoms with Crippen LogP contribution in [0.2, 0.25) is 0 Å². The van der Waals surface area contributed by atoms with Gasteiger partial charge in [-0.1, -0.05) is 30.0 Å². The minimum absolute atomic E-state index is 0.106. The van der Waals surface area contributed by atoms with Crippen LogP contribution in [0.3, 0.4) is 0 Å². The van der Waals surface area contributed by atoms with Crippen molar-refractivity contribution in [1.82, 2.24) is 20.1 Å². The lowest BCUT2D eigenvalue weighted by Crippen LogP contribution is -2.33. The summed E-state index contributed by atoms with van der Waals surface area (Å²) in [5.74, 6) is 0.195. The lowest BCUT2D eigenvalue weighted by Gasteiger charge is -2.11. The molecule has 1 fully saturated rings. The summed E-state index contributed by atoms with van der Waals surface area (Å²) in [6.07, 6.45) is 3.00. The van der Waals surface area contributed by atoms with Crippen LogP contribution in [0.5, 0.6) is 0 Å². The molecule has 1 aliphatic heterocycles. The maximum absolute atomic E-state index is 12.0. The summed E-state index contributed by atoms with van der Waals surface area (Å²) in [7, 11) is 0. The smallest absolute Gasteiger partial charge is 0.277 e. The molecule has 3 heterocycles. The third-order valence-electron chi connectivity index (χ3n) is 3.92. The van der Waals surface area contributed by atoms with E-state index in [9.17, 15) is 9.59 Å². The van der Waals surface area contributed by atoms with Crippen LogP contribution in [0, 0.1) is 0 Å². The number of rotatable bonds is 4. The van der Waals surface area contributed by atoms with Crippen LogP contribution < -0.4 is 0 Å². The topological polar surface area (TPSA) is 92.1 Å². The maximum Gasteiger partial charge on any atom is 0.277 e. The predicted octanol–water partition coefficient (Wildman–Crippen LogP) is 2.46. The lowest BCUT2D eigenvalue weighted by molar-refractivity contribution is -0.140. The predicted molar refractivity (Wildman–Crippen MR) is 88.3 cm³/mol. The number of likely N-dealkylation sites (tertiary alicyclic amines) is 1. The van der Waals surface area contributed by atoms with Gasteiger partial charge in [0, 0.05) is 30.1 Å². The van der Waals surface area contributed by atoms with Crippen LogP contribution in [0.25, 0.3) is 22.4 Å². The van der Waals surface area contributed by atoms with Crippen LogP contribution in [-0.2, 0) is 9.59 Å². The quantitative estimate of drug-likeness (QED) is 0.732. The van der Waals surface area contributed by atoms with Crippen molar-refractivity contribution >= 4 is 34.5 Å². The standard InChI is InChI=1S/C16H14N4O3S/c21-13-6-3-7-20(13)14(22)9-24-16-19-18-15(23-16)11-8-17-12-5-2-1-4-10(11)12/h1-2,4-5,8,17H,3,6-7,9H2. The van der Waals surface area contributed by atoms with Gasteiger partial charge in [0.2, 0.25) is 11.8 Å². The summed E-state index contributed by atoms with van der Waals surface area (Å²) < 4.78 is 5.64. The van der Waals surface area contributed by atoms with E-state index >= 15 is 0 Å². The first-order valence-electron chi connectivity index (χ1n) is 7.58. The first-order chi connectivity index (χ1) is 11.7. The Bertz CT molecular complexity index is 917. The number of carbonyl (C=O) groups excluding carboxylic acids is 2. The molecule has 8 heteroatoms. The van der Waals surface area contributed by atoms with E-state index in [0.717, 1.165) is 34.6 Å². The Morgan fingerprint density at radius 1 is 1.33 bits per heavy atom. The van der Waals surface area contributed by atoms with Crippen molar-refractivity contribution in [3.05, 3.63) is 30.5 Å². The second-order valence-corrected chi connectivity index (χ2v) is 6.38. The summed E-state index contributed by atoms with van der Waals surface area (Å²) in [6, 6.07) is 7.83. The SMILES string of the molecule is O=C1CCCN1C(=O)CSc1nnc(-c2c[nH]c3ccccc23)o1. The molecule has 0 spiro atoms. The van der Waals surface area contributed by atoms with Gasteiger partial charge < -0.3 is 9.40 Å². The van der Waals surface area contributed by atoms with E-state index in [0.29, 0.717) is 24.1 Å². The first-order valence-corrected chi connectivity index (χ1v) is 8.57. The number of hydrogen-bond donors (Lipinski definition) is 1. The van der Waals surface area contributed by atoms with Crippen LogP contribution in [0.15, 0.2) is 40.1 Å². The average Bonchev–Trinajstić information content (AvgIpc) is 3.31. The van der Waals surface area contributed by atoms with Crippen molar-refractivity contribution in [3.63, 3.8) is 0 Å². The Morgan fingerprint density at radius 3 is 3.04 bits per heavy atom. The van der Waals surface area contributed by atoms with Gasteiger partial charge in [-0.25, -0.2) is 0 Å². The minimum atomic E-state index is -0.214. The minimum Gasteiger partial charge on any atom is -0.411 e. The van der Waals surface area contributed by atoms with Gasteiger partial charge in [0.15, 0.2) is 0 Å². The Hall–Kier alpha value is -2.61. The zero-order valence-corrected chi connectivity index (χ0v) is 13.5. The first kappa shape index (κ1) is 14.9. The maximum atomic E-state index is 12.0. The highest BCUT2D eigenvalue weighted by atomic mass is 32.2. The summed E-state index contributed by atoms with van der Waals surface area (Å²) in [5, 5.41) is 9.33. The molecule has 7 nitrogen and oxygen atoms in total. The number of para-hydroxylation sites is 1. The van der Waals surface area contributed by atoms with E-state index in [4.69, 9.17) is 4.42 Å². The van der Waals surface area contributed by atoms with Crippen molar-refractivity contribution in [2.45, 2.75) is 18.1 Å². The summed E-state index contributed by atoms with van der Waals surface area (Å²) in [5.41, 5.74) is 1.81. The molecule has 1 aliphatic rings. The van der Waals surface area contributed by atoms with Gasteiger partial charge in [-0.3, -0.25) is 14.5 Å². The zero-order chi connectivity index (χ0) is 16.5. The largest absolute Gasteiger partial charge is 0.411 e. The number of fused-ring (bicyclic) bond motifs is 1. The van der Waals surface area contributed by atoms with Crippen molar-refractivity contribution in [2.24, 2.45) is 0 Å². The number of aromatic nitrogens is 3. The molecule has 0 bridgehead atoms. The van der Waals surface area contributed by atoms with Crippen molar-refractivity contribution in [3.8, 4) is 11.5 Å². The molecule has 2 amide bonds. The van der Waals surface area contributed by atoms with Crippen molar-refractivity contribution in [1.29, 1.82) is 0 Å². The second-order valence-electron chi connectivity index (χ2n) is 5.45. The van der Waals surface area contributed by atoms with E-state index in [1.165, 1.54) is 4.90 Å². The van der Waals surface area contributed by atoms with Crippen LogP contribution in [-0.4, -0.2) is 44.2 Å². The molecular formula is C16H14N4O3S. The number of benzene rings is 1. The summed E-state index contributed by atoms with van der Waals surface area (Å²) in [4.78, 5) is 28.0. The molecule has 0 unspecified atom stereocenters. The Labute approximate surface area is 141 Å². The number of hydrogen-bond acceptors (Lipinski definition) is 6. The molecular weight excluding hydrogens is 328 g/mol. The Morgan fingerprint density at radius 2 is 2.21 bits per heavy atom. The number of nitrogens with zero attached hydrogens (tertiary/aromatic N) is 3. The van der Waals surface area contributed by atoms with Crippen molar-refractivity contribution in [2.75, 3.05) is 12.3 Å². The third-order valence-corrected chi connectivity index (χ3v) is 4.72. The fourth-order valence-electron chi connectivity index (χ4n) is 2.74. The van der Waals surface area contributed by atoms with Gasteiger partial charge in [-0.05, 0) is 12.5 Å². The molecule has 1 aromatic carbocycles. The second kappa shape index (κ2) is 6.12. The fourth-order valence-corrected chi connectivity index (χ4v) is 3.38. The van der Waals surface area contributed by atoms with Gasteiger partial charge in [-0.15, -0.1) is 10.2 Å². The summed E-state index contributed by atoms with van der Waals surface area (Å²) in [6.45, 7) is 0.503. The van der Waals surface area contributed by atoms with Gasteiger partial charge in [0.05, 0.1) is 11.3 Å². The third kappa shape index (κ3) is 2.69. The number of aromatic amines is 1. The van der Waals surface area contributed by atoms with Gasteiger partial charge in [0.25, 0.3) is 11.1 Å². The van der Waals surface area contributed by atoms with Crippen LogP contribution in [0.1, 0.15) is 12.8 Å². The number of nitrogens with one attached hydrogen (secondary N) is 1. The van der Waals surface area contributed by atoms with E-state index in [1.807, 2.05) is 30.5 Å². The lowest BCUT2D eigenvalue weighted by atomic mass is 10.2. The van der Waals surface area contributed by atoms with E-state index in [1.54, 1.807) is 0 Å². The number of thioether (sulfide) groups is 1. The Balaban J connectivity index is 1.47. The zero-order valence-electron chi connectivity index (χ0n) is 12.7. The molecule has 1 saturated heterocycles. The highest BCUT2D eigenvalue weighted by molar-refractivity contribution is 7.99. The number of amides is 2. The molecule has 0 saturated carbocycles. The highest BCUT2D eigenvalue weighted by Gasteiger charge is 2.26. The van der Waals surface area contributed by atoms with E-state index < -0.39 is 0 Å². The van der Waals surface area contributed by atoms with Crippen LogP contribution >= 0.6 is 11.8 Å². The number of imide groups is 1. The van der Waals surface area contributed by atoms with Gasteiger partial charge in [0.1, 0.15) is 0 Å². The monoisotopic (exact) mass is 342 g/mol. The molecule has 1 N–H and O–H groups in total. The van der Waals surface area contributed by atoms with Crippen molar-refractivity contribution < 1.29 is 14.0 Å². The highest BCUT2D eigenvalue weighted by Crippen LogP contribution is 2.29. The van der Waals surface area contributed by atoms with E-state index in [-0.39, 0.29) is 17.6 Å². The molecule has 0 aliphatic carbocycles. The Kier molecular flexibility index (Phi) is 3.81. The van der Waals surface area contributed by atoms with E-state index in [2.05, 4.69) is 15.2 Å². The molecule has 24 heavy (non-hydrogen) atoms. The summed E-state index contributed by atoms with van der Waals surface area (Å²) >= 11 is 1.15. The normalized spacial score (nSPS) is 14.7. The molecule has 2 aromatic heterocycles.